The fourth-order valence-electron chi connectivity index (χ4n) is 15.3. The SMILES string of the molecule is COC1OC(CO)C(OC2OC(CNC(=S)NCCN(CCNC(=S)NCC3OC(OC4C(CO)OC(OC)C(O)C4O)C(O)C(O)C3C)CCNC(=S)NC(COCCCSC3OC(CO)C(O)C(O)C3O)(COCCCSC3OC(CO)C(O)C(O)C3O)COCCCSC3OC(CO)C(OC4OC(CO)C(O)C(O)C4O)C(O)C3O)C(C)C(O)C2O)C(O)C1O. The summed E-state index contributed by atoms with van der Waals surface area (Å²) in [5, 5.41) is 285. The quantitative estimate of drug-likeness (QED) is 0.0199. The number of thiocarbonyl (C=S) groups is 3. The van der Waals surface area contributed by atoms with E-state index in [1.54, 1.807) is 13.8 Å². The van der Waals surface area contributed by atoms with Crippen LogP contribution in [0.5, 0.6) is 0 Å². The number of methoxy groups -OCH3 is 2. The number of hydrogen-bond donors (Lipinski definition) is 31. The summed E-state index contributed by atoms with van der Waals surface area (Å²) in [6, 6.07) is 0. The molecule has 8 aliphatic heterocycles. The Morgan fingerprint density at radius 2 is 0.594 bits per heavy atom. The largest absolute Gasteiger partial charge is 0.394 e. The lowest BCUT2D eigenvalue weighted by Gasteiger charge is -2.46. The Kier molecular flexibility index (Phi) is 48.3. The molecule has 48 nitrogen and oxygen atoms in total. The summed E-state index contributed by atoms with van der Waals surface area (Å²) in [5.41, 5.74) is -4.61. The van der Waals surface area contributed by atoms with Crippen LogP contribution in [-0.4, -0.2) is 547 Å². The fraction of sp³-hybridized carbons (Fsp3) is 0.959. The molecule has 0 aliphatic carbocycles. The van der Waals surface area contributed by atoms with Crippen molar-refractivity contribution in [2.24, 2.45) is 11.8 Å². The highest BCUT2D eigenvalue weighted by molar-refractivity contribution is 8.00. The number of ether oxygens (including phenoxy) is 16. The summed E-state index contributed by atoms with van der Waals surface area (Å²) >= 11 is 20.8. The van der Waals surface area contributed by atoms with E-state index in [9.17, 15) is 128 Å². The summed E-state index contributed by atoms with van der Waals surface area (Å²) in [7, 11) is 2.45. The molecule has 0 spiro atoms. The van der Waals surface area contributed by atoms with Gasteiger partial charge >= 0.3 is 0 Å². The summed E-state index contributed by atoms with van der Waals surface area (Å²) in [6.07, 6.45) is -51.4. The van der Waals surface area contributed by atoms with Gasteiger partial charge in [-0.15, -0.1) is 35.3 Å². The third-order valence-corrected chi connectivity index (χ3v) is 27.8. The molecule has 8 rings (SSSR count). The molecule has 31 N–H and O–H groups in total. The minimum atomic E-state index is -1.88. The fourth-order valence-corrected chi connectivity index (χ4v) is 19.3. The molecule has 0 aromatic carbocycles. The Bertz CT molecular complexity index is 3030. The standard InChI is InChI=1S/C74H135N7O41S6/c1-31-33(112-65(52(99)41(31)88)120-60-38(25-85)115-63(107-3)55(102)49(60)96)20-78-71(123)75-8-11-81(12-9-76-72(124)79-21-34-32(2)42(89)53(100)66(113-34)121-61-39(26-86)116-64(108-4)56(103)50(61)97)13-10-77-73(125)80-74(28-109-14-5-17-126-68-57(104)47(94)44(91)36(23-83)117-68,29-110-15-6-18-127-69-58(105)48(95)45(92)37(24-84)118-69)30-111-16-7-19-128-70-59(106)51(98)62(40(27-87)119-70)122-67-54(101)46(93)43(90)35(22-82)114-67/h31-70,82-106H,5-30H2,1-4H3,(H2,75,78,123)(H2,76,79,124)(H2,77,80,125). The molecule has 0 bridgehead atoms. The predicted octanol–water partition coefficient (Wildman–Crippen LogP) is -14.8. The van der Waals surface area contributed by atoms with Crippen LogP contribution >= 0.6 is 71.9 Å². The van der Waals surface area contributed by atoms with Gasteiger partial charge in [-0.05, 0) is 73.2 Å². The third kappa shape index (κ3) is 30.5. The van der Waals surface area contributed by atoms with Crippen LogP contribution in [0.3, 0.4) is 0 Å². The van der Waals surface area contributed by atoms with Crippen molar-refractivity contribution in [3.8, 4) is 0 Å². The van der Waals surface area contributed by atoms with Gasteiger partial charge in [0.1, 0.15) is 181 Å². The Morgan fingerprint density at radius 1 is 0.320 bits per heavy atom. The van der Waals surface area contributed by atoms with Gasteiger partial charge in [0.2, 0.25) is 0 Å². The second-order valence-electron chi connectivity index (χ2n) is 32.4. The minimum Gasteiger partial charge on any atom is -0.394 e. The molecule has 0 amide bonds. The van der Waals surface area contributed by atoms with Crippen LogP contribution < -0.4 is 31.9 Å². The van der Waals surface area contributed by atoms with Crippen LogP contribution in [0.4, 0.5) is 0 Å². The van der Waals surface area contributed by atoms with Crippen molar-refractivity contribution < 1.29 is 203 Å². The van der Waals surface area contributed by atoms with Gasteiger partial charge in [-0.2, -0.15) is 0 Å². The topological polar surface area (TPSA) is 729 Å². The Hall–Kier alpha value is -1.56. The summed E-state index contributed by atoms with van der Waals surface area (Å²) in [6.45, 7) is -0.244. The summed E-state index contributed by atoms with van der Waals surface area (Å²) in [4.78, 5) is 1.99. The van der Waals surface area contributed by atoms with Gasteiger partial charge in [-0.1, -0.05) is 13.8 Å². The molecule has 40 unspecified atom stereocenters. The lowest BCUT2D eigenvalue weighted by molar-refractivity contribution is -0.351. The van der Waals surface area contributed by atoms with Crippen molar-refractivity contribution in [1.29, 1.82) is 0 Å². The Balaban J connectivity index is 0.957. The van der Waals surface area contributed by atoms with Gasteiger partial charge < -0.3 is 235 Å². The van der Waals surface area contributed by atoms with Crippen molar-refractivity contribution in [2.75, 3.05) is 163 Å². The van der Waals surface area contributed by atoms with Crippen molar-refractivity contribution in [2.45, 2.75) is 270 Å². The van der Waals surface area contributed by atoms with Crippen molar-refractivity contribution in [3.63, 3.8) is 0 Å². The van der Waals surface area contributed by atoms with E-state index in [4.69, 9.17) is 112 Å². The van der Waals surface area contributed by atoms with Crippen LogP contribution in [0.25, 0.3) is 0 Å². The second-order valence-corrected chi connectivity index (χ2v) is 37.2. The van der Waals surface area contributed by atoms with Crippen LogP contribution in [0.15, 0.2) is 0 Å². The average molecular weight is 1970 g/mol. The molecule has 8 heterocycles. The molecule has 8 aliphatic rings. The number of rotatable bonds is 49. The lowest BCUT2D eigenvalue weighted by atomic mass is 9.90. The van der Waals surface area contributed by atoms with Crippen molar-refractivity contribution in [1.82, 2.24) is 36.8 Å². The minimum absolute atomic E-state index is 0.0101. The van der Waals surface area contributed by atoms with Crippen molar-refractivity contribution >= 4 is 87.3 Å². The lowest BCUT2D eigenvalue weighted by Crippen LogP contribution is -2.64. The van der Waals surface area contributed by atoms with E-state index in [1.165, 1.54) is 14.2 Å². The highest BCUT2D eigenvalue weighted by Gasteiger charge is 2.55. The molecule has 8 saturated heterocycles. The predicted molar refractivity (Wildman–Crippen MR) is 457 cm³/mol. The average Bonchev–Trinajstić information content (AvgIpc) is 0.790. The van der Waals surface area contributed by atoms with Crippen LogP contribution in [0, 0.1) is 11.8 Å². The van der Waals surface area contributed by atoms with Gasteiger partial charge in [-0.3, -0.25) is 4.90 Å². The van der Waals surface area contributed by atoms with E-state index in [0.29, 0.717) is 12.8 Å². The van der Waals surface area contributed by atoms with Crippen LogP contribution in [0.1, 0.15) is 33.1 Å². The van der Waals surface area contributed by atoms with Gasteiger partial charge in [0.15, 0.2) is 46.8 Å². The first-order valence-corrected chi connectivity index (χ1v) is 46.7. The zero-order chi connectivity index (χ0) is 94.0. The highest BCUT2D eigenvalue weighted by Crippen LogP contribution is 2.38. The Labute approximate surface area is 768 Å². The van der Waals surface area contributed by atoms with Gasteiger partial charge in [0, 0.05) is 98.2 Å². The van der Waals surface area contributed by atoms with E-state index in [1.807, 2.05) is 4.90 Å². The molecule has 0 radical (unpaired) electrons. The molecule has 54 heteroatoms. The number of nitrogens with one attached hydrogen (secondary N) is 6. The van der Waals surface area contributed by atoms with Gasteiger partial charge in [-0.25, -0.2) is 0 Å². The zero-order valence-corrected chi connectivity index (χ0v) is 76.0. The number of hydrogen-bond acceptors (Lipinski definition) is 48. The second kappa shape index (κ2) is 55.3. The first-order chi connectivity index (χ1) is 61.1. The summed E-state index contributed by atoms with van der Waals surface area (Å²) < 4.78 is 93.1. The monoisotopic (exact) mass is 1970 g/mol. The van der Waals surface area contributed by atoms with E-state index in [-0.39, 0.29) is 131 Å². The van der Waals surface area contributed by atoms with E-state index in [0.717, 1.165) is 35.3 Å². The van der Waals surface area contributed by atoms with Crippen LogP contribution in [0.2, 0.25) is 0 Å². The zero-order valence-electron chi connectivity index (χ0n) is 71.1. The first-order valence-electron chi connectivity index (χ1n) is 42.3. The van der Waals surface area contributed by atoms with E-state index < -0.39 is 288 Å². The molecular formula is C74H135N7O41S6. The maximum Gasteiger partial charge on any atom is 0.187 e. The smallest absolute Gasteiger partial charge is 0.187 e. The normalized spacial score (nSPS) is 41.2. The molecular weight excluding hydrogens is 1840 g/mol. The molecule has 748 valence electrons. The third-order valence-electron chi connectivity index (χ3n) is 23.2. The van der Waals surface area contributed by atoms with E-state index in [2.05, 4.69) is 31.9 Å². The molecule has 128 heavy (non-hydrogen) atoms. The number of aliphatic hydroxyl groups excluding tert-OH is 25. The number of aliphatic hydroxyl groups is 25. The highest BCUT2D eigenvalue weighted by atomic mass is 32.2. The number of nitrogens with zero attached hydrogens (tertiary/aromatic N) is 1. The van der Waals surface area contributed by atoms with Gasteiger partial charge in [0.05, 0.1) is 83.9 Å². The maximum atomic E-state index is 11.4. The molecule has 0 aromatic heterocycles. The Morgan fingerprint density at radius 3 is 0.938 bits per heavy atom. The number of thioether (sulfide) groups is 3. The van der Waals surface area contributed by atoms with Crippen LogP contribution in [-0.2, 0) is 75.8 Å². The molecule has 8 fully saturated rings. The molecule has 0 aromatic rings. The molecule has 0 saturated carbocycles. The molecule has 40 atom stereocenters. The van der Waals surface area contributed by atoms with Crippen molar-refractivity contribution in [3.05, 3.63) is 0 Å². The maximum absolute atomic E-state index is 11.4. The van der Waals surface area contributed by atoms with Gasteiger partial charge in [0.25, 0.3) is 0 Å². The summed E-state index contributed by atoms with van der Waals surface area (Å²) in [5.74, 6) is -0.700. The van der Waals surface area contributed by atoms with E-state index >= 15 is 0 Å². The first kappa shape index (κ1) is 112.